The van der Waals surface area contributed by atoms with Gasteiger partial charge in [0.15, 0.2) is 0 Å². The van der Waals surface area contributed by atoms with Gasteiger partial charge in [-0.15, -0.1) is 0 Å². The molecule has 2 heterocycles. The quantitative estimate of drug-likeness (QED) is 0.153. The van der Waals surface area contributed by atoms with Crippen LogP contribution < -0.4 is 26.2 Å². The van der Waals surface area contributed by atoms with Crippen LogP contribution in [0, 0.1) is 0 Å². The summed E-state index contributed by atoms with van der Waals surface area (Å²) in [5.41, 5.74) is 44.8. The van der Waals surface area contributed by atoms with Gasteiger partial charge < -0.3 is 9.80 Å². The Morgan fingerprint density at radius 3 is 0.735 bits per heavy atom. The molecule has 17 aromatic carbocycles. The molecule has 0 saturated carbocycles. The predicted octanol–water partition coefficient (Wildman–Crippen LogP) is 24.5. The second-order valence-corrected chi connectivity index (χ2v) is 33.4. The summed E-state index contributed by atoms with van der Waals surface area (Å²) in [4.78, 5) is 5.63. The van der Waals surface area contributed by atoms with Crippen molar-refractivity contribution < 1.29 is 0 Å². The van der Waals surface area contributed by atoms with Crippen molar-refractivity contribution in [3.63, 3.8) is 0 Å². The third-order valence-electron chi connectivity index (χ3n) is 27.6. The minimum absolute atomic E-state index is 0.270. The Hall–Kier alpha value is -13.6. The molecule has 6 aliphatic carbocycles. The standard InChI is InChI=1S/C110H73BN2/c1-106(2,3)72-66-101-105-102(67-72)113(98-59-31-47-84-82-45-19-29-57-94(82)110(104(84)98)91-54-26-16-42-79(91)80-43-17-27-55-92(80)110)100-65-71(108(69-34-8-5-9-35-69)87-50-22-12-38-75(87)76-39-13-23-51-88(76)108)61-63-96(100)111(105)95-62-60-70(107(68-32-6-4-7-33-68)85-48-20-10-36-73(85)74-37-11-21-49-86(74)107)64-99(95)112(101)97-58-30-46-83-81-44-18-28-56-93(81)109(103(83)97)89-52-24-14-40-77(89)78-41-15-25-53-90(78)109/h4-67H,1-3H3. The van der Waals surface area contributed by atoms with Gasteiger partial charge in [0.2, 0.25) is 0 Å². The average molecular weight is 1430 g/mol. The van der Waals surface area contributed by atoms with E-state index >= 15 is 0 Å². The van der Waals surface area contributed by atoms with E-state index in [0.29, 0.717) is 0 Å². The number of nitrogens with zero attached hydrogens (tertiary/aromatic N) is 2. The van der Waals surface area contributed by atoms with Crippen LogP contribution in [-0.4, -0.2) is 6.71 Å². The van der Waals surface area contributed by atoms with Gasteiger partial charge in [0.1, 0.15) is 0 Å². The summed E-state index contributed by atoms with van der Waals surface area (Å²) in [5.74, 6) is 0. The maximum atomic E-state index is 2.81. The molecule has 0 radical (unpaired) electrons. The molecule has 0 bridgehead atoms. The van der Waals surface area contributed by atoms with Gasteiger partial charge in [-0.1, -0.05) is 373 Å². The van der Waals surface area contributed by atoms with Crippen LogP contribution in [0.1, 0.15) is 115 Å². The van der Waals surface area contributed by atoms with Crippen LogP contribution in [0.5, 0.6) is 0 Å². The minimum atomic E-state index is -0.707. The molecule has 0 aromatic heterocycles. The summed E-state index contributed by atoms with van der Waals surface area (Å²) >= 11 is 0. The maximum Gasteiger partial charge on any atom is 0.252 e. The van der Waals surface area contributed by atoms with Crippen molar-refractivity contribution in [1.29, 1.82) is 0 Å². The van der Waals surface area contributed by atoms with Gasteiger partial charge in [0.05, 0.1) is 33.0 Å². The van der Waals surface area contributed by atoms with Crippen LogP contribution >= 0.6 is 0 Å². The van der Waals surface area contributed by atoms with Gasteiger partial charge in [-0.25, -0.2) is 0 Å². The topological polar surface area (TPSA) is 6.48 Å². The Morgan fingerprint density at radius 1 is 0.204 bits per heavy atom. The third kappa shape index (κ3) is 7.71. The smallest absolute Gasteiger partial charge is 0.252 e. The fourth-order valence-electron chi connectivity index (χ4n) is 23.5. The van der Waals surface area contributed by atoms with Gasteiger partial charge in [-0.2, -0.15) is 0 Å². The molecular weight excluding hydrogens is 1360 g/mol. The molecule has 25 rings (SSSR count). The highest BCUT2D eigenvalue weighted by atomic mass is 15.2. The highest BCUT2D eigenvalue weighted by Crippen LogP contribution is 2.69. The molecule has 526 valence electrons. The molecule has 2 aliphatic heterocycles. The van der Waals surface area contributed by atoms with Crippen molar-refractivity contribution in [2.45, 2.75) is 47.8 Å². The van der Waals surface area contributed by atoms with Gasteiger partial charge in [-0.3, -0.25) is 0 Å². The molecule has 0 saturated heterocycles. The Labute approximate surface area is 660 Å². The maximum absolute atomic E-state index is 2.81. The lowest BCUT2D eigenvalue weighted by atomic mass is 9.33. The highest BCUT2D eigenvalue weighted by Gasteiger charge is 2.58. The van der Waals surface area contributed by atoms with Crippen LogP contribution in [0.15, 0.2) is 388 Å². The van der Waals surface area contributed by atoms with Gasteiger partial charge >= 0.3 is 0 Å². The fourth-order valence-corrected chi connectivity index (χ4v) is 23.5. The summed E-state index contributed by atoms with van der Waals surface area (Å²) < 4.78 is 0. The monoisotopic (exact) mass is 1430 g/mol. The van der Waals surface area contributed by atoms with E-state index in [0.717, 1.165) is 0 Å². The number of rotatable bonds is 6. The SMILES string of the molecule is CC(C)(C)c1cc2c3c(c1)N(c1cccc4c1C1(c5ccccc5-c5ccccc51)c1ccccc1-4)c1cc(C4(c5ccccc5)c5ccccc5-c5ccccc54)ccc1B3c1ccc(C3(c4ccccc4)c4ccccc4-c4ccccc43)cc1N2c1cccc2c1C1(c3ccccc3-c3ccccc31)c1ccccc1-2. The third-order valence-corrected chi connectivity index (χ3v) is 27.6. The van der Waals surface area contributed by atoms with Gasteiger partial charge in [0.25, 0.3) is 6.71 Å². The van der Waals surface area contributed by atoms with Crippen molar-refractivity contribution in [2.75, 3.05) is 9.80 Å². The second kappa shape index (κ2) is 22.6. The molecule has 0 N–H and O–H groups in total. The first-order valence-corrected chi connectivity index (χ1v) is 40.2. The van der Waals surface area contributed by atoms with Crippen molar-refractivity contribution in [1.82, 2.24) is 0 Å². The lowest BCUT2D eigenvalue weighted by Crippen LogP contribution is -2.62. The number of fused-ring (bicyclic) bond motifs is 30. The van der Waals surface area contributed by atoms with E-state index in [1.54, 1.807) is 0 Å². The van der Waals surface area contributed by atoms with Crippen LogP contribution in [0.2, 0.25) is 0 Å². The zero-order valence-electron chi connectivity index (χ0n) is 62.9. The van der Waals surface area contributed by atoms with E-state index in [2.05, 4.69) is 419 Å². The van der Waals surface area contributed by atoms with E-state index in [1.165, 1.54) is 212 Å². The average Bonchev–Trinajstić information content (AvgIpc) is 1.64. The molecule has 0 atom stereocenters. The largest absolute Gasteiger partial charge is 0.311 e. The number of hydrogen-bond donors (Lipinski definition) is 0. The van der Waals surface area contributed by atoms with E-state index < -0.39 is 21.7 Å². The number of anilines is 6. The zero-order chi connectivity index (χ0) is 74.4. The molecule has 0 unspecified atom stereocenters. The molecule has 2 spiro atoms. The van der Waals surface area contributed by atoms with Crippen molar-refractivity contribution in [2.24, 2.45) is 0 Å². The molecule has 17 aromatic rings. The van der Waals surface area contributed by atoms with Crippen LogP contribution in [0.3, 0.4) is 0 Å². The first-order valence-electron chi connectivity index (χ1n) is 40.2. The first kappa shape index (κ1) is 63.2. The Kier molecular flexibility index (Phi) is 12.6. The Bertz CT molecular complexity index is 6400. The number of hydrogen-bond acceptors (Lipinski definition) is 2. The summed E-state index contributed by atoms with van der Waals surface area (Å²) in [6.45, 7) is 7.04. The molecule has 8 aliphatic rings. The molecule has 0 fully saturated rings. The Balaban J connectivity index is 0.855. The summed E-state index contributed by atoms with van der Waals surface area (Å²) in [6, 6.07) is 151. The van der Waals surface area contributed by atoms with E-state index in [-0.39, 0.29) is 12.1 Å². The van der Waals surface area contributed by atoms with Gasteiger partial charge in [-0.05, 0) is 208 Å². The highest BCUT2D eigenvalue weighted by molar-refractivity contribution is 7.00. The lowest BCUT2D eigenvalue weighted by molar-refractivity contribution is 0.590. The molecule has 2 nitrogen and oxygen atoms in total. The number of benzene rings is 17. The lowest BCUT2D eigenvalue weighted by Gasteiger charge is -2.47. The molecular formula is C110H73BN2. The Morgan fingerprint density at radius 2 is 0.451 bits per heavy atom. The predicted molar refractivity (Wildman–Crippen MR) is 466 cm³/mol. The van der Waals surface area contributed by atoms with Crippen molar-refractivity contribution in [3.8, 4) is 66.8 Å². The summed E-state index contributed by atoms with van der Waals surface area (Å²) in [5, 5.41) is 0. The van der Waals surface area contributed by atoms with Crippen molar-refractivity contribution >= 4 is 57.2 Å². The van der Waals surface area contributed by atoms with Crippen LogP contribution in [0.25, 0.3) is 66.8 Å². The molecule has 3 heteroatoms. The van der Waals surface area contributed by atoms with Gasteiger partial charge in [0, 0.05) is 33.9 Å². The van der Waals surface area contributed by atoms with E-state index in [9.17, 15) is 0 Å². The summed E-state index contributed by atoms with van der Waals surface area (Å²) in [7, 11) is 0. The molecule has 113 heavy (non-hydrogen) atoms. The van der Waals surface area contributed by atoms with Crippen LogP contribution in [0.4, 0.5) is 34.1 Å². The normalized spacial score (nSPS) is 15.4. The van der Waals surface area contributed by atoms with Crippen molar-refractivity contribution in [3.05, 3.63) is 483 Å². The molecule has 0 amide bonds. The summed E-state index contributed by atoms with van der Waals surface area (Å²) in [6.07, 6.45) is 0. The zero-order valence-corrected chi connectivity index (χ0v) is 62.9. The van der Waals surface area contributed by atoms with E-state index in [1.807, 2.05) is 0 Å². The second-order valence-electron chi connectivity index (χ2n) is 33.4. The fraction of sp³-hybridized carbons (Fsp3) is 0.0727. The van der Waals surface area contributed by atoms with Crippen LogP contribution in [-0.2, 0) is 27.1 Å². The first-order chi connectivity index (χ1) is 55.7. The van der Waals surface area contributed by atoms with E-state index in [4.69, 9.17) is 0 Å². The minimum Gasteiger partial charge on any atom is -0.311 e.